The Morgan fingerprint density at radius 3 is 2.88 bits per heavy atom. The zero-order valence-electron chi connectivity index (χ0n) is 8.99. The minimum Gasteiger partial charge on any atom is -0.381 e. The molecule has 0 amide bonds. The lowest BCUT2D eigenvalue weighted by Gasteiger charge is -2.02. The van der Waals surface area contributed by atoms with Crippen molar-refractivity contribution in [2.24, 2.45) is 0 Å². The molecule has 3 N–H and O–H groups in total. The standard InChI is InChI=1S/C8H11N5O2S2/c1-2-13-5-6(7(9)11-13)17(14,15)12-8-10-3-4-16-8/h3-5H,2H2,1H3,(H2,9,11)(H,10,12). The fourth-order valence-corrected chi connectivity index (χ4v) is 3.09. The summed E-state index contributed by atoms with van der Waals surface area (Å²) in [7, 11) is -3.71. The van der Waals surface area contributed by atoms with Crippen LogP contribution >= 0.6 is 11.3 Å². The molecule has 0 saturated heterocycles. The first kappa shape index (κ1) is 11.9. The second-order valence-corrected chi connectivity index (χ2v) is 5.72. The third kappa shape index (κ3) is 2.39. The second-order valence-electron chi connectivity index (χ2n) is 3.18. The van der Waals surface area contributed by atoms with E-state index in [1.165, 1.54) is 28.4 Å². The summed E-state index contributed by atoms with van der Waals surface area (Å²) in [6.07, 6.45) is 2.91. The van der Waals surface area contributed by atoms with Gasteiger partial charge in [-0.15, -0.1) is 11.3 Å². The highest BCUT2D eigenvalue weighted by Gasteiger charge is 2.21. The second kappa shape index (κ2) is 4.34. The first-order valence-corrected chi connectivity index (χ1v) is 7.14. The van der Waals surface area contributed by atoms with Crippen molar-refractivity contribution in [3.63, 3.8) is 0 Å². The van der Waals surface area contributed by atoms with Crippen LogP contribution in [0.25, 0.3) is 0 Å². The predicted molar refractivity (Wildman–Crippen MR) is 65.2 cm³/mol. The van der Waals surface area contributed by atoms with E-state index in [1.807, 2.05) is 6.92 Å². The number of hydrogen-bond acceptors (Lipinski definition) is 6. The number of hydrogen-bond donors (Lipinski definition) is 2. The Balaban J connectivity index is 2.34. The summed E-state index contributed by atoms with van der Waals surface area (Å²) in [4.78, 5) is 3.81. The van der Waals surface area contributed by atoms with Crippen LogP contribution in [0, 0.1) is 0 Å². The van der Waals surface area contributed by atoms with Crippen molar-refractivity contribution in [1.82, 2.24) is 14.8 Å². The van der Waals surface area contributed by atoms with Crippen LogP contribution in [0.2, 0.25) is 0 Å². The molecule has 0 aliphatic carbocycles. The molecule has 2 aromatic heterocycles. The summed E-state index contributed by atoms with van der Waals surface area (Å²) in [5.74, 6) is -0.0177. The Morgan fingerprint density at radius 2 is 2.35 bits per heavy atom. The van der Waals surface area contributed by atoms with Crippen molar-refractivity contribution in [2.75, 3.05) is 10.5 Å². The molecule has 0 unspecified atom stereocenters. The van der Waals surface area contributed by atoms with Gasteiger partial charge in [-0.05, 0) is 6.92 Å². The summed E-state index contributed by atoms with van der Waals surface area (Å²) >= 11 is 1.19. The van der Waals surface area contributed by atoms with Gasteiger partial charge in [0, 0.05) is 24.3 Å². The van der Waals surface area contributed by atoms with Crippen LogP contribution in [0.4, 0.5) is 10.9 Å². The summed E-state index contributed by atoms with van der Waals surface area (Å²) in [6, 6.07) is 0. The smallest absolute Gasteiger partial charge is 0.268 e. The van der Waals surface area contributed by atoms with Gasteiger partial charge in [0.1, 0.15) is 4.90 Å². The molecule has 2 heterocycles. The van der Waals surface area contributed by atoms with E-state index in [4.69, 9.17) is 5.73 Å². The number of nitrogens with two attached hydrogens (primary N) is 1. The molecular formula is C8H11N5O2S2. The Kier molecular flexibility index (Phi) is 3.03. The van der Waals surface area contributed by atoms with E-state index in [-0.39, 0.29) is 10.7 Å². The zero-order valence-corrected chi connectivity index (χ0v) is 10.6. The largest absolute Gasteiger partial charge is 0.381 e. The molecular weight excluding hydrogens is 262 g/mol. The maximum Gasteiger partial charge on any atom is 0.268 e. The van der Waals surface area contributed by atoms with Crippen LogP contribution < -0.4 is 10.5 Å². The van der Waals surface area contributed by atoms with Gasteiger partial charge in [-0.25, -0.2) is 13.4 Å². The van der Waals surface area contributed by atoms with Gasteiger partial charge in [0.25, 0.3) is 10.0 Å². The van der Waals surface area contributed by atoms with Gasteiger partial charge in [0.15, 0.2) is 10.9 Å². The highest BCUT2D eigenvalue weighted by atomic mass is 32.2. The molecule has 7 nitrogen and oxygen atoms in total. The number of nitrogen functional groups attached to an aromatic ring is 1. The Bertz CT molecular complexity index is 602. The fraction of sp³-hybridized carbons (Fsp3) is 0.250. The highest BCUT2D eigenvalue weighted by molar-refractivity contribution is 7.93. The number of nitrogens with zero attached hydrogens (tertiary/aromatic N) is 3. The van der Waals surface area contributed by atoms with Gasteiger partial charge < -0.3 is 5.73 Å². The first-order valence-electron chi connectivity index (χ1n) is 4.78. The van der Waals surface area contributed by atoms with Crippen molar-refractivity contribution < 1.29 is 8.42 Å². The van der Waals surface area contributed by atoms with E-state index >= 15 is 0 Å². The van der Waals surface area contributed by atoms with Gasteiger partial charge in [0.2, 0.25) is 0 Å². The molecule has 0 bridgehead atoms. The molecule has 17 heavy (non-hydrogen) atoms. The minimum absolute atomic E-state index is 0.0177. The lowest BCUT2D eigenvalue weighted by atomic mass is 10.6. The molecule has 0 aliphatic heterocycles. The maximum atomic E-state index is 12.0. The van der Waals surface area contributed by atoms with Crippen molar-refractivity contribution in [3.8, 4) is 0 Å². The number of rotatable bonds is 4. The predicted octanol–water partition coefficient (Wildman–Crippen LogP) is 0.743. The third-order valence-electron chi connectivity index (χ3n) is 2.02. The molecule has 0 spiro atoms. The van der Waals surface area contributed by atoms with Gasteiger partial charge >= 0.3 is 0 Å². The molecule has 0 aliphatic rings. The Labute approximate surface area is 102 Å². The van der Waals surface area contributed by atoms with E-state index in [9.17, 15) is 8.42 Å². The molecule has 0 radical (unpaired) electrons. The Hall–Kier alpha value is -1.61. The minimum atomic E-state index is -3.71. The van der Waals surface area contributed by atoms with E-state index in [0.29, 0.717) is 11.7 Å². The van der Waals surface area contributed by atoms with Crippen LogP contribution in [0.3, 0.4) is 0 Å². The van der Waals surface area contributed by atoms with E-state index in [2.05, 4.69) is 14.8 Å². The van der Waals surface area contributed by atoms with E-state index in [1.54, 1.807) is 5.38 Å². The fourth-order valence-electron chi connectivity index (χ4n) is 1.23. The average Bonchev–Trinajstić information content (AvgIpc) is 2.86. The molecule has 2 aromatic rings. The SMILES string of the molecule is CCn1cc(S(=O)(=O)Nc2nccs2)c(N)n1. The number of aryl methyl sites for hydroxylation is 1. The third-order valence-corrected chi connectivity index (χ3v) is 4.20. The van der Waals surface area contributed by atoms with Crippen molar-refractivity contribution >= 4 is 32.3 Å². The Morgan fingerprint density at radius 1 is 1.59 bits per heavy atom. The van der Waals surface area contributed by atoms with Crippen LogP contribution in [-0.4, -0.2) is 23.2 Å². The maximum absolute atomic E-state index is 12.0. The summed E-state index contributed by atoms with van der Waals surface area (Å²) in [6.45, 7) is 2.40. The molecule has 0 fully saturated rings. The van der Waals surface area contributed by atoms with Crippen LogP contribution in [0.15, 0.2) is 22.7 Å². The van der Waals surface area contributed by atoms with Gasteiger partial charge in [-0.2, -0.15) is 5.10 Å². The first-order chi connectivity index (χ1) is 8.03. The van der Waals surface area contributed by atoms with Crippen molar-refractivity contribution in [2.45, 2.75) is 18.4 Å². The molecule has 9 heteroatoms. The van der Waals surface area contributed by atoms with Crippen LogP contribution in [0.1, 0.15) is 6.92 Å². The number of aromatic nitrogens is 3. The topological polar surface area (TPSA) is 103 Å². The molecule has 2 rings (SSSR count). The summed E-state index contributed by atoms with van der Waals surface area (Å²) in [5.41, 5.74) is 5.56. The number of thiazole rings is 1. The summed E-state index contributed by atoms with van der Waals surface area (Å²) in [5, 5.41) is 5.86. The molecule has 92 valence electrons. The summed E-state index contributed by atoms with van der Waals surface area (Å²) < 4.78 is 27.7. The van der Waals surface area contributed by atoms with Crippen LogP contribution in [-0.2, 0) is 16.6 Å². The van der Waals surface area contributed by atoms with Gasteiger partial charge in [-0.1, -0.05) is 0 Å². The lowest BCUT2D eigenvalue weighted by Crippen LogP contribution is -2.13. The highest BCUT2D eigenvalue weighted by Crippen LogP contribution is 2.21. The number of nitrogens with one attached hydrogen (secondary N) is 1. The molecule has 0 aromatic carbocycles. The zero-order chi connectivity index (χ0) is 12.5. The normalized spacial score (nSPS) is 11.6. The van der Waals surface area contributed by atoms with Gasteiger partial charge in [0.05, 0.1) is 0 Å². The number of anilines is 2. The van der Waals surface area contributed by atoms with Crippen molar-refractivity contribution in [3.05, 3.63) is 17.8 Å². The number of sulfonamides is 1. The van der Waals surface area contributed by atoms with Gasteiger partial charge in [-0.3, -0.25) is 9.40 Å². The van der Waals surface area contributed by atoms with E-state index in [0.717, 1.165) is 0 Å². The monoisotopic (exact) mass is 273 g/mol. The molecule has 0 saturated carbocycles. The van der Waals surface area contributed by atoms with E-state index < -0.39 is 10.0 Å². The van der Waals surface area contributed by atoms with Crippen molar-refractivity contribution in [1.29, 1.82) is 0 Å². The average molecular weight is 273 g/mol. The molecule has 0 atom stereocenters. The van der Waals surface area contributed by atoms with Crippen LogP contribution in [0.5, 0.6) is 0 Å². The quantitative estimate of drug-likeness (QED) is 0.855. The lowest BCUT2D eigenvalue weighted by molar-refractivity contribution is 0.600.